The Morgan fingerprint density at radius 2 is 2.04 bits per heavy atom. The van der Waals surface area contributed by atoms with Gasteiger partial charge in [-0.15, -0.1) is 0 Å². The third kappa shape index (κ3) is 3.24. The van der Waals surface area contributed by atoms with Gasteiger partial charge in [-0.1, -0.05) is 11.2 Å². The van der Waals surface area contributed by atoms with Gasteiger partial charge in [0, 0.05) is 25.2 Å². The van der Waals surface area contributed by atoms with E-state index >= 15 is 0 Å². The molecule has 1 aliphatic heterocycles. The van der Waals surface area contributed by atoms with Gasteiger partial charge in [-0.3, -0.25) is 4.79 Å². The minimum atomic E-state index is -0.583. The van der Waals surface area contributed by atoms with Crippen molar-refractivity contribution >= 4 is 5.91 Å². The highest BCUT2D eigenvalue weighted by atomic mass is 19.1. The maximum atomic E-state index is 13.8. The number of halogens is 2. The van der Waals surface area contributed by atoms with Crippen molar-refractivity contribution in [3.63, 3.8) is 0 Å². The number of rotatable bonds is 3. The number of hydrogen-bond acceptors (Lipinski definition) is 4. The van der Waals surface area contributed by atoms with Crippen LogP contribution in [0.25, 0.3) is 0 Å². The lowest BCUT2D eigenvalue weighted by molar-refractivity contribution is 0.0702. The van der Waals surface area contributed by atoms with Crippen LogP contribution in [0.5, 0.6) is 0 Å². The molecule has 1 amide bonds. The van der Waals surface area contributed by atoms with Crippen molar-refractivity contribution in [1.29, 1.82) is 0 Å². The summed E-state index contributed by atoms with van der Waals surface area (Å²) >= 11 is 0. The van der Waals surface area contributed by atoms with Crippen LogP contribution in [0.4, 0.5) is 8.78 Å². The lowest BCUT2D eigenvalue weighted by Crippen LogP contribution is -2.38. The number of hydrogen-bond donors (Lipinski definition) is 1. The standard InChI is InChI=1S/C16H17F2N3O2/c17-11-1-2-13(14(18)7-11)10-3-5-21(6-4-10)16(22)15-8-12(9-19)23-20-15/h1-2,7-8,10H,3-6,9,19H2. The number of likely N-dealkylation sites (tertiary alicyclic amines) is 1. The van der Waals surface area contributed by atoms with Crippen molar-refractivity contribution in [2.75, 3.05) is 13.1 Å². The van der Waals surface area contributed by atoms with E-state index < -0.39 is 11.6 Å². The predicted octanol–water partition coefficient (Wildman–Crippen LogP) is 2.43. The van der Waals surface area contributed by atoms with E-state index in [9.17, 15) is 13.6 Å². The van der Waals surface area contributed by atoms with E-state index in [4.69, 9.17) is 10.3 Å². The Morgan fingerprint density at radius 1 is 1.30 bits per heavy atom. The molecule has 2 aromatic rings. The van der Waals surface area contributed by atoms with Gasteiger partial charge in [0.15, 0.2) is 11.5 Å². The van der Waals surface area contributed by atoms with Crippen LogP contribution in [-0.4, -0.2) is 29.1 Å². The first-order valence-electron chi connectivity index (χ1n) is 7.48. The lowest BCUT2D eigenvalue weighted by Gasteiger charge is -2.31. The van der Waals surface area contributed by atoms with Crippen molar-refractivity contribution in [3.8, 4) is 0 Å². The molecule has 1 aromatic heterocycles. The van der Waals surface area contributed by atoms with E-state index in [-0.39, 0.29) is 24.1 Å². The zero-order valence-electron chi connectivity index (χ0n) is 12.5. The van der Waals surface area contributed by atoms with E-state index in [0.717, 1.165) is 6.07 Å². The van der Waals surface area contributed by atoms with Crippen LogP contribution in [0.2, 0.25) is 0 Å². The molecule has 1 fully saturated rings. The normalized spacial score (nSPS) is 15.9. The molecule has 23 heavy (non-hydrogen) atoms. The van der Waals surface area contributed by atoms with Crippen molar-refractivity contribution in [3.05, 3.63) is 52.9 Å². The Balaban J connectivity index is 1.65. The van der Waals surface area contributed by atoms with Gasteiger partial charge in [0.2, 0.25) is 0 Å². The summed E-state index contributed by atoms with van der Waals surface area (Å²) in [6.45, 7) is 1.17. The molecule has 7 heteroatoms. The Hall–Kier alpha value is -2.28. The Bertz CT molecular complexity index is 709. The van der Waals surface area contributed by atoms with Gasteiger partial charge in [0.05, 0.1) is 6.54 Å². The number of nitrogens with two attached hydrogens (primary N) is 1. The van der Waals surface area contributed by atoms with Crippen LogP contribution in [-0.2, 0) is 6.54 Å². The molecule has 0 aliphatic carbocycles. The highest BCUT2D eigenvalue weighted by Gasteiger charge is 2.27. The van der Waals surface area contributed by atoms with Gasteiger partial charge in [0.1, 0.15) is 11.6 Å². The molecule has 3 rings (SSSR count). The Labute approximate surface area is 132 Å². The third-order valence-electron chi connectivity index (χ3n) is 4.16. The molecular weight excluding hydrogens is 304 g/mol. The second kappa shape index (κ2) is 6.45. The lowest BCUT2D eigenvalue weighted by atomic mass is 9.89. The van der Waals surface area contributed by atoms with Gasteiger partial charge in [-0.05, 0) is 30.4 Å². The van der Waals surface area contributed by atoms with Gasteiger partial charge in [0.25, 0.3) is 5.91 Å². The fourth-order valence-corrected chi connectivity index (χ4v) is 2.90. The zero-order valence-corrected chi connectivity index (χ0v) is 12.5. The number of aromatic nitrogens is 1. The summed E-state index contributed by atoms with van der Waals surface area (Å²) in [5.74, 6) is -0.890. The predicted molar refractivity (Wildman–Crippen MR) is 78.6 cm³/mol. The van der Waals surface area contributed by atoms with Crippen molar-refractivity contribution in [1.82, 2.24) is 10.1 Å². The summed E-state index contributed by atoms with van der Waals surface area (Å²) in [5, 5.41) is 3.72. The highest BCUT2D eigenvalue weighted by molar-refractivity contribution is 5.92. The molecule has 1 aromatic carbocycles. The minimum absolute atomic E-state index is 0.0171. The maximum Gasteiger partial charge on any atom is 0.276 e. The van der Waals surface area contributed by atoms with Gasteiger partial charge < -0.3 is 15.2 Å². The van der Waals surface area contributed by atoms with Gasteiger partial charge in [-0.25, -0.2) is 8.78 Å². The molecule has 122 valence electrons. The molecule has 2 N–H and O–H groups in total. The van der Waals surface area contributed by atoms with Gasteiger partial charge >= 0.3 is 0 Å². The summed E-state index contributed by atoms with van der Waals surface area (Å²) in [5.41, 5.74) is 6.17. The smallest absolute Gasteiger partial charge is 0.276 e. The SMILES string of the molecule is NCc1cc(C(=O)N2CCC(c3ccc(F)cc3F)CC2)no1. The van der Waals surface area contributed by atoms with Crippen LogP contribution < -0.4 is 5.73 Å². The number of amides is 1. The minimum Gasteiger partial charge on any atom is -0.359 e. The molecule has 0 spiro atoms. The summed E-state index contributed by atoms with van der Waals surface area (Å²) < 4.78 is 31.8. The quantitative estimate of drug-likeness (QED) is 0.942. The average Bonchev–Trinajstić information content (AvgIpc) is 3.03. The summed E-state index contributed by atoms with van der Waals surface area (Å²) in [4.78, 5) is 14.0. The third-order valence-corrected chi connectivity index (χ3v) is 4.16. The van der Waals surface area contributed by atoms with E-state index in [2.05, 4.69) is 5.16 Å². The average molecular weight is 321 g/mol. The van der Waals surface area contributed by atoms with Gasteiger partial charge in [-0.2, -0.15) is 0 Å². The molecule has 2 heterocycles. The number of piperidine rings is 1. The van der Waals surface area contributed by atoms with Crippen molar-refractivity contribution in [2.45, 2.75) is 25.3 Å². The van der Waals surface area contributed by atoms with E-state index in [1.165, 1.54) is 18.2 Å². The first-order valence-corrected chi connectivity index (χ1v) is 7.48. The van der Waals surface area contributed by atoms with Crippen LogP contribution in [0.1, 0.15) is 40.6 Å². The molecule has 1 aliphatic rings. The largest absolute Gasteiger partial charge is 0.359 e. The molecular formula is C16H17F2N3O2. The van der Waals surface area contributed by atoms with E-state index in [0.29, 0.717) is 37.3 Å². The van der Waals surface area contributed by atoms with E-state index in [1.807, 2.05) is 0 Å². The Kier molecular flexibility index (Phi) is 4.38. The number of carbonyl (C=O) groups excluding carboxylic acids is 1. The zero-order chi connectivity index (χ0) is 16.4. The molecule has 0 radical (unpaired) electrons. The summed E-state index contributed by atoms with van der Waals surface area (Å²) in [6.07, 6.45) is 1.24. The first-order chi connectivity index (χ1) is 11.1. The topological polar surface area (TPSA) is 72.4 Å². The summed E-state index contributed by atoms with van der Waals surface area (Å²) in [7, 11) is 0. The molecule has 0 bridgehead atoms. The van der Waals surface area contributed by atoms with Crippen molar-refractivity contribution in [2.24, 2.45) is 5.73 Å². The molecule has 1 saturated heterocycles. The van der Waals surface area contributed by atoms with Crippen LogP contribution in [0, 0.1) is 11.6 Å². The van der Waals surface area contributed by atoms with E-state index in [1.54, 1.807) is 4.90 Å². The molecule has 0 atom stereocenters. The fraction of sp³-hybridized carbons (Fsp3) is 0.375. The maximum absolute atomic E-state index is 13.8. The fourth-order valence-electron chi connectivity index (χ4n) is 2.90. The van der Waals surface area contributed by atoms with Crippen molar-refractivity contribution < 1.29 is 18.1 Å². The second-order valence-corrected chi connectivity index (χ2v) is 5.61. The monoisotopic (exact) mass is 321 g/mol. The first kappa shape index (κ1) is 15.6. The number of nitrogens with zero attached hydrogens (tertiary/aromatic N) is 2. The summed E-state index contributed by atoms with van der Waals surface area (Å²) in [6, 6.07) is 5.18. The highest BCUT2D eigenvalue weighted by Crippen LogP contribution is 2.30. The second-order valence-electron chi connectivity index (χ2n) is 5.61. The Morgan fingerprint density at radius 3 is 2.65 bits per heavy atom. The number of benzene rings is 1. The molecule has 0 saturated carbocycles. The van der Waals surface area contributed by atoms with Crippen LogP contribution >= 0.6 is 0 Å². The van der Waals surface area contributed by atoms with Crippen LogP contribution in [0.3, 0.4) is 0 Å². The molecule has 5 nitrogen and oxygen atoms in total. The number of carbonyl (C=O) groups is 1. The molecule has 0 unspecified atom stereocenters. The van der Waals surface area contributed by atoms with Crippen LogP contribution in [0.15, 0.2) is 28.8 Å².